The molecule has 0 radical (unpaired) electrons. The van der Waals surface area contributed by atoms with Crippen molar-refractivity contribution < 1.29 is 9.59 Å². The summed E-state index contributed by atoms with van der Waals surface area (Å²) in [4.78, 5) is 26.6. The van der Waals surface area contributed by atoms with E-state index in [-0.39, 0.29) is 24.2 Å². The van der Waals surface area contributed by atoms with Crippen molar-refractivity contribution in [1.82, 2.24) is 4.90 Å². The summed E-state index contributed by atoms with van der Waals surface area (Å²) in [6, 6.07) is 13.3. The number of amides is 2. The minimum atomic E-state index is -0.0974. The average molecular weight is 369 g/mol. The van der Waals surface area contributed by atoms with E-state index in [9.17, 15) is 9.59 Å². The summed E-state index contributed by atoms with van der Waals surface area (Å²) in [5.74, 6) is 0.429. The lowest BCUT2D eigenvalue weighted by molar-refractivity contribution is -0.133. The van der Waals surface area contributed by atoms with E-state index < -0.39 is 0 Å². The van der Waals surface area contributed by atoms with Gasteiger partial charge in [-0.1, -0.05) is 35.9 Å². The Morgan fingerprint density at radius 1 is 1.12 bits per heavy atom. The van der Waals surface area contributed by atoms with Crippen LogP contribution in [0, 0.1) is 5.92 Å². The molecule has 1 N–H and O–H groups in total. The number of benzene rings is 2. The third kappa shape index (κ3) is 3.75. The fourth-order valence-corrected chi connectivity index (χ4v) is 3.63. The maximum atomic E-state index is 12.3. The summed E-state index contributed by atoms with van der Waals surface area (Å²) >= 11 is 6.12. The van der Waals surface area contributed by atoms with Crippen LogP contribution in [-0.2, 0) is 29.0 Å². The highest BCUT2D eigenvalue weighted by Crippen LogP contribution is 2.33. The first kappa shape index (κ1) is 17.1. The van der Waals surface area contributed by atoms with E-state index in [0.29, 0.717) is 11.6 Å². The molecule has 2 aromatic carbocycles. The lowest BCUT2D eigenvalue weighted by Gasteiger charge is -2.29. The molecule has 1 aliphatic heterocycles. The first-order valence-corrected chi connectivity index (χ1v) is 9.42. The number of carbonyl (C=O) groups is 2. The first-order valence-electron chi connectivity index (χ1n) is 9.04. The van der Waals surface area contributed by atoms with Gasteiger partial charge in [0.25, 0.3) is 0 Å². The largest absolute Gasteiger partial charge is 0.338 e. The highest BCUT2D eigenvalue weighted by molar-refractivity contribution is 6.31. The van der Waals surface area contributed by atoms with Crippen LogP contribution in [0.4, 0.5) is 5.69 Å². The molecule has 0 aromatic heterocycles. The number of hydrogen-bond donors (Lipinski definition) is 1. The Labute approximate surface area is 158 Å². The van der Waals surface area contributed by atoms with Gasteiger partial charge in [0.05, 0.1) is 6.42 Å². The van der Waals surface area contributed by atoms with Gasteiger partial charge in [0.2, 0.25) is 11.8 Å². The summed E-state index contributed by atoms with van der Waals surface area (Å²) in [6.45, 7) is 1.43. The Kier molecular flexibility index (Phi) is 4.68. The molecule has 0 unspecified atom stereocenters. The van der Waals surface area contributed by atoms with Gasteiger partial charge in [-0.3, -0.25) is 9.59 Å². The molecule has 1 saturated carbocycles. The third-order valence-electron chi connectivity index (χ3n) is 5.05. The van der Waals surface area contributed by atoms with Crippen molar-refractivity contribution in [3.05, 3.63) is 64.2 Å². The second-order valence-electron chi connectivity index (χ2n) is 7.08. The number of hydrogen-bond acceptors (Lipinski definition) is 2. The molecule has 1 fully saturated rings. The number of carbonyl (C=O) groups excluding carboxylic acids is 2. The molecule has 134 valence electrons. The number of fused-ring (bicyclic) bond motifs is 1. The van der Waals surface area contributed by atoms with Gasteiger partial charge in [-0.25, -0.2) is 0 Å². The fourth-order valence-electron chi connectivity index (χ4n) is 3.43. The van der Waals surface area contributed by atoms with E-state index in [1.807, 2.05) is 35.2 Å². The molecule has 26 heavy (non-hydrogen) atoms. The van der Waals surface area contributed by atoms with Crippen LogP contribution in [0.5, 0.6) is 0 Å². The summed E-state index contributed by atoms with van der Waals surface area (Å²) in [5.41, 5.74) is 3.96. The number of rotatable bonds is 4. The molecular formula is C21H21ClN2O2. The molecule has 1 aliphatic carbocycles. The predicted octanol–water partition coefficient (Wildman–Crippen LogP) is 3.82. The van der Waals surface area contributed by atoms with Gasteiger partial charge in [-0.2, -0.15) is 0 Å². The maximum absolute atomic E-state index is 12.3. The minimum absolute atomic E-state index is 0.0974. The Bertz CT molecular complexity index is 861. The van der Waals surface area contributed by atoms with E-state index in [2.05, 4.69) is 11.4 Å². The lowest BCUT2D eigenvalue weighted by atomic mass is 9.98. The van der Waals surface area contributed by atoms with Crippen molar-refractivity contribution in [3.8, 4) is 0 Å². The zero-order valence-electron chi connectivity index (χ0n) is 14.5. The average Bonchev–Trinajstić information content (AvgIpc) is 3.47. The topological polar surface area (TPSA) is 49.4 Å². The quantitative estimate of drug-likeness (QED) is 0.891. The molecule has 2 aliphatic rings. The highest BCUT2D eigenvalue weighted by Gasteiger charge is 2.34. The van der Waals surface area contributed by atoms with E-state index in [1.54, 1.807) is 6.07 Å². The Hall–Kier alpha value is -2.33. The molecule has 0 saturated heterocycles. The van der Waals surface area contributed by atoms with Gasteiger partial charge in [-0.05, 0) is 54.2 Å². The number of anilines is 1. The lowest BCUT2D eigenvalue weighted by Crippen LogP contribution is -2.36. The van der Waals surface area contributed by atoms with Crippen molar-refractivity contribution in [2.24, 2.45) is 5.92 Å². The molecule has 0 atom stereocenters. The van der Waals surface area contributed by atoms with Gasteiger partial charge in [0.15, 0.2) is 0 Å². The number of nitrogens with one attached hydrogen (secondary N) is 1. The first-order chi connectivity index (χ1) is 12.6. The molecule has 0 spiro atoms. The summed E-state index contributed by atoms with van der Waals surface area (Å²) in [5, 5.41) is 3.55. The Morgan fingerprint density at radius 2 is 1.92 bits per heavy atom. The van der Waals surface area contributed by atoms with E-state index >= 15 is 0 Å². The number of nitrogens with zero attached hydrogens (tertiary/aromatic N) is 1. The van der Waals surface area contributed by atoms with Crippen LogP contribution in [0.25, 0.3) is 0 Å². The van der Waals surface area contributed by atoms with Crippen LogP contribution in [0.3, 0.4) is 0 Å². The molecule has 2 amide bonds. The second kappa shape index (κ2) is 7.12. The zero-order chi connectivity index (χ0) is 18.1. The SMILES string of the molecule is O=C(Cc1ccccc1Cl)Nc1ccc2c(c1)CN(C(=O)C1CC1)CC2. The van der Waals surface area contributed by atoms with Crippen molar-refractivity contribution in [1.29, 1.82) is 0 Å². The van der Waals surface area contributed by atoms with E-state index in [0.717, 1.165) is 42.6 Å². The number of halogens is 1. The Balaban J connectivity index is 1.43. The molecule has 4 rings (SSSR count). The van der Waals surface area contributed by atoms with Crippen molar-refractivity contribution in [2.45, 2.75) is 32.2 Å². The third-order valence-corrected chi connectivity index (χ3v) is 5.42. The van der Waals surface area contributed by atoms with Crippen LogP contribution in [0.1, 0.15) is 29.5 Å². The maximum Gasteiger partial charge on any atom is 0.228 e. The monoisotopic (exact) mass is 368 g/mol. The molecule has 0 bridgehead atoms. The van der Waals surface area contributed by atoms with Gasteiger partial charge in [0, 0.05) is 29.7 Å². The van der Waals surface area contributed by atoms with Crippen LogP contribution in [0.2, 0.25) is 5.02 Å². The standard InChI is InChI=1S/C21H21ClN2O2/c22-19-4-2-1-3-16(19)12-20(25)23-18-8-7-14-9-10-24(13-17(14)11-18)21(26)15-5-6-15/h1-4,7-8,11,15H,5-6,9-10,12-13H2,(H,23,25). The normalized spacial score (nSPS) is 16.1. The van der Waals surface area contributed by atoms with Gasteiger partial charge in [-0.15, -0.1) is 0 Å². The smallest absolute Gasteiger partial charge is 0.228 e. The summed E-state index contributed by atoms with van der Waals surface area (Å²) < 4.78 is 0. The van der Waals surface area contributed by atoms with Crippen molar-refractivity contribution in [3.63, 3.8) is 0 Å². The second-order valence-corrected chi connectivity index (χ2v) is 7.49. The Morgan fingerprint density at radius 3 is 2.69 bits per heavy atom. The van der Waals surface area contributed by atoms with Crippen molar-refractivity contribution in [2.75, 3.05) is 11.9 Å². The fraction of sp³-hybridized carbons (Fsp3) is 0.333. The summed E-state index contributed by atoms with van der Waals surface area (Å²) in [6.07, 6.45) is 3.17. The van der Waals surface area contributed by atoms with Gasteiger partial charge < -0.3 is 10.2 Å². The minimum Gasteiger partial charge on any atom is -0.338 e. The van der Waals surface area contributed by atoms with Gasteiger partial charge in [0.1, 0.15) is 0 Å². The molecular weight excluding hydrogens is 348 g/mol. The zero-order valence-corrected chi connectivity index (χ0v) is 15.3. The highest BCUT2D eigenvalue weighted by atomic mass is 35.5. The van der Waals surface area contributed by atoms with Crippen molar-refractivity contribution >= 4 is 29.1 Å². The van der Waals surface area contributed by atoms with Crippen LogP contribution in [-0.4, -0.2) is 23.3 Å². The molecule has 2 aromatic rings. The van der Waals surface area contributed by atoms with E-state index in [1.165, 1.54) is 5.56 Å². The summed E-state index contributed by atoms with van der Waals surface area (Å²) in [7, 11) is 0. The predicted molar refractivity (Wildman–Crippen MR) is 102 cm³/mol. The van der Waals surface area contributed by atoms with Crippen LogP contribution in [0.15, 0.2) is 42.5 Å². The van der Waals surface area contributed by atoms with Crippen LogP contribution < -0.4 is 5.32 Å². The van der Waals surface area contributed by atoms with Crippen LogP contribution >= 0.6 is 11.6 Å². The van der Waals surface area contributed by atoms with E-state index in [4.69, 9.17) is 11.6 Å². The van der Waals surface area contributed by atoms with Gasteiger partial charge >= 0.3 is 0 Å². The molecule has 5 heteroatoms. The molecule has 4 nitrogen and oxygen atoms in total. The molecule has 1 heterocycles.